The van der Waals surface area contributed by atoms with Crippen LogP contribution in [0.4, 0.5) is 0 Å². The van der Waals surface area contributed by atoms with Crippen molar-refractivity contribution in [2.45, 2.75) is 31.7 Å². The van der Waals surface area contributed by atoms with E-state index in [1.54, 1.807) is 0 Å². The summed E-state index contributed by atoms with van der Waals surface area (Å²) in [5, 5.41) is 6.99. The Kier molecular flexibility index (Phi) is 3.00. The normalized spacial score (nSPS) is 29.0. The number of nitrogens with zero attached hydrogens (tertiary/aromatic N) is 2. The first-order chi connectivity index (χ1) is 7.92. The minimum atomic E-state index is 0.684. The number of guanidine groups is 1. The third kappa shape index (κ3) is 2.48. The molecule has 0 amide bonds. The van der Waals surface area contributed by atoms with Crippen LogP contribution in [-0.2, 0) is 0 Å². The zero-order chi connectivity index (χ0) is 10.8. The molecule has 1 aliphatic carbocycles. The molecule has 0 bridgehead atoms. The van der Waals surface area contributed by atoms with E-state index in [-0.39, 0.29) is 0 Å². The van der Waals surface area contributed by atoms with Gasteiger partial charge >= 0.3 is 0 Å². The van der Waals surface area contributed by atoms with Crippen LogP contribution in [0, 0.1) is 5.92 Å². The van der Waals surface area contributed by atoms with Crippen LogP contribution in [0.15, 0.2) is 4.99 Å². The maximum Gasteiger partial charge on any atom is 0.194 e. The lowest BCUT2D eigenvalue weighted by atomic mass is 10.2. The Hall–Kier alpha value is -0.770. The van der Waals surface area contributed by atoms with Crippen LogP contribution in [0.1, 0.15) is 25.7 Å². The van der Waals surface area contributed by atoms with E-state index in [0.717, 1.165) is 31.5 Å². The SMILES string of the molecule is C1CNC(CN(CC2CC2)C2=NCCN2)C1. The van der Waals surface area contributed by atoms with E-state index in [2.05, 4.69) is 20.5 Å². The minimum absolute atomic E-state index is 0.684. The fourth-order valence-corrected chi connectivity index (χ4v) is 2.64. The third-order valence-corrected chi connectivity index (χ3v) is 3.73. The molecule has 1 unspecified atom stereocenters. The maximum absolute atomic E-state index is 4.56. The van der Waals surface area contributed by atoms with Crippen molar-refractivity contribution in [3.8, 4) is 0 Å². The van der Waals surface area contributed by atoms with Crippen molar-refractivity contribution >= 4 is 5.96 Å². The van der Waals surface area contributed by atoms with E-state index in [9.17, 15) is 0 Å². The summed E-state index contributed by atoms with van der Waals surface area (Å²) in [6.07, 6.45) is 5.50. The molecule has 2 fully saturated rings. The molecule has 2 aliphatic heterocycles. The second-order valence-corrected chi connectivity index (χ2v) is 5.27. The van der Waals surface area contributed by atoms with Crippen molar-refractivity contribution in [2.75, 3.05) is 32.7 Å². The van der Waals surface area contributed by atoms with Crippen molar-refractivity contribution in [2.24, 2.45) is 10.9 Å². The fraction of sp³-hybridized carbons (Fsp3) is 0.917. The minimum Gasteiger partial charge on any atom is -0.354 e. The lowest BCUT2D eigenvalue weighted by Crippen LogP contribution is -2.46. The van der Waals surface area contributed by atoms with Crippen LogP contribution < -0.4 is 10.6 Å². The summed E-state index contributed by atoms with van der Waals surface area (Å²) in [4.78, 5) is 7.04. The van der Waals surface area contributed by atoms with Crippen molar-refractivity contribution in [3.05, 3.63) is 0 Å². The topological polar surface area (TPSA) is 39.7 Å². The summed E-state index contributed by atoms with van der Waals surface area (Å²) >= 11 is 0. The lowest BCUT2D eigenvalue weighted by Gasteiger charge is -2.27. The maximum atomic E-state index is 4.56. The molecule has 0 radical (unpaired) electrons. The zero-order valence-electron chi connectivity index (χ0n) is 9.91. The van der Waals surface area contributed by atoms with Crippen molar-refractivity contribution < 1.29 is 0 Å². The van der Waals surface area contributed by atoms with Crippen molar-refractivity contribution in [3.63, 3.8) is 0 Å². The second-order valence-electron chi connectivity index (χ2n) is 5.27. The Morgan fingerprint density at radius 2 is 2.12 bits per heavy atom. The molecule has 3 aliphatic rings. The van der Waals surface area contributed by atoms with Gasteiger partial charge in [0.25, 0.3) is 0 Å². The highest BCUT2D eigenvalue weighted by molar-refractivity contribution is 5.81. The molecule has 0 spiro atoms. The molecule has 0 aromatic rings. The molecule has 90 valence electrons. The van der Waals surface area contributed by atoms with Crippen molar-refractivity contribution in [1.29, 1.82) is 0 Å². The summed E-state index contributed by atoms with van der Waals surface area (Å²) in [6, 6.07) is 0.684. The van der Waals surface area contributed by atoms with E-state index in [0.29, 0.717) is 6.04 Å². The van der Waals surface area contributed by atoms with Gasteiger partial charge in [-0.05, 0) is 38.1 Å². The summed E-state index contributed by atoms with van der Waals surface area (Å²) in [5.74, 6) is 2.09. The molecule has 1 atom stereocenters. The van der Waals surface area contributed by atoms with Crippen LogP contribution in [0.2, 0.25) is 0 Å². The van der Waals surface area contributed by atoms with Crippen molar-refractivity contribution in [1.82, 2.24) is 15.5 Å². The van der Waals surface area contributed by atoms with Gasteiger partial charge in [0, 0.05) is 25.7 Å². The molecule has 0 aromatic carbocycles. The lowest BCUT2D eigenvalue weighted by molar-refractivity contribution is 0.348. The Morgan fingerprint density at radius 3 is 2.75 bits per heavy atom. The number of aliphatic imine (C=N–C) groups is 1. The van der Waals surface area contributed by atoms with Gasteiger partial charge in [-0.15, -0.1) is 0 Å². The Morgan fingerprint density at radius 1 is 1.19 bits per heavy atom. The fourth-order valence-electron chi connectivity index (χ4n) is 2.64. The van der Waals surface area contributed by atoms with Crippen LogP contribution >= 0.6 is 0 Å². The number of hydrogen-bond acceptors (Lipinski definition) is 4. The highest BCUT2D eigenvalue weighted by atomic mass is 15.3. The van der Waals surface area contributed by atoms with E-state index < -0.39 is 0 Å². The monoisotopic (exact) mass is 222 g/mol. The van der Waals surface area contributed by atoms with Gasteiger partial charge in [0.15, 0.2) is 5.96 Å². The molecule has 3 rings (SSSR count). The summed E-state index contributed by atoms with van der Waals surface area (Å²) < 4.78 is 0. The average molecular weight is 222 g/mol. The summed E-state index contributed by atoms with van der Waals surface area (Å²) in [7, 11) is 0. The molecule has 4 nitrogen and oxygen atoms in total. The van der Waals surface area contributed by atoms with Gasteiger partial charge in [-0.3, -0.25) is 4.99 Å². The second kappa shape index (κ2) is 4.62. The number of hydrogen-bond donors (Lipinski definition) is 2. The van der Waals surface area contributed by atoms with Crippen LogP contribution in [-0.4, -0.2) is 49.6 Å². The summed E-state index contributed by atoms with van der Waals surface area (Å²) in [6.45, 7) is 5.53. The Bertz CT molecular complexity index is 266. The molecule has 4 heteroatoms. The first-order valence-electron chi connectivity index (χ1n) is 6.68. The number of rotatable bonds is 4. The molecule has 2 N–H and O–H groups in total. The Labute approximate surface area is 97.5 Å². The first kappa shape index (κ1) is 10.4. The largest absolute Gasteiger partial charge is 0.354 e. The molecule has 0 aromatic heterocycles. The highest BCUT2D eigenvalue weighted by Crippen LogP contribution is 2.30. The molecule has 1 saturated carbocycles. The van der Waals surface area contributed by atoms with Gasteiger partial charge in [0.2, 0.25) is 0 Å². The van der Waals surface area contributed by atoms with E-state index >= 15 is 0 Å². The van der Waals surface area contributed by atoms with Crippen LogP contribution in [0.5, 0.6) is 0 Å². The summed E-state index contributed by atoms with van der Waals surface area (Å²) in [5.41, 5.74) is 0. The average Bonchev–Trinajstić information content (AvgIpc) is 2.82. The first-order valence-corrected chi connectivity index (χ1v) is 6.68. The Balaban J connectivity index is 1.58. The molecule has 16 heavy (non-hydrogen) atoms. The van der Waals surface area contributed by atoms with Gasteiger partial charge in [-0.1, -0.05) is 0 Å². The van der Waals surface area contributed by atoms with Gasteiger partial charge in [-0.25, -0.2) is 0 Å². The molecular formula is C12H22N4. The van der Waals surface area contributed by atoms with Gasteiger partial charge in [-0.2, -0.15) is 0 Å². The molecular weight excluding hydrogens is 200 g/mol. The van der Waals surface area contributed by atoms with Crippen LogP contribution in [0.3, 0.4) is 0 Å². The van der Waals surface area contributed by atoms with Gasteiger partial charge in [0.05, 0.1) is 6.54 Å². The van der Waals surface area contributed by atoms with E-state index in [1.165, 1.54) is 38.8 Å². The van der Waals surface area contributed by atoms with Gasteiger partial charge < -0.3 is 15.5 Å². The van der Waals surface area contributed by atoms with Gasteiger partial charge in [0.1, 0.15) is 0 Å². The van der Waals surface area contributed by atoms with E-state index in [1.807, 2.05) is 0 Å². The highest BCUT2D eigenvalue weighted by Gasteiger charge is 2.28. The molecule has 1 saturated heterocycles. The smallest absolute Gasteiger partial charge is 0.194 e. The van der Waals surface area contributed by atoms with E-state index in [4.69, 9.17) is 0 Å². The zero-order valence-corrected chi connectivity index (χ0v) is 9.91. The quantitative estimate of drug-likeness (QED) is 0.724. The molecule has 2 heterocycles. The predicted octanol–water partition coefficient (Wildman–Crippen LogP) is 0.410. The predicted molar refractivity (Wildman–Crippen MR) is 65.6 cm³/mol. The number of nitrogens with one attached hydrogen (secondary N) is 2. The standard InChI is InChI=1S/C12H22N4/c1-2-11(13-5-1)9-16(8-10-3-4-10)12-14-6-7-15-12/h10-11,13H,1-9H2,(H,14,15). The van der Waals surface area contributed by atoms with Crippen LogP contribution in [0.25, 0.3) is 0 Å². The third-order valence-electron chi connectivity index (χ3n) is 3.73.